The number of nitrogens with zero attached hydrogens (tertiary/aromatic N) is 3. The largest absolute Gasteiger partial charge is 0.324 e. The van der Waals surface area contributed by atoms with Crippen LogP contribution >= 0.6 is 23.4 Å². The Morgan fingerprint density at radius 3 is 2.56 bits per heavy atom. The van der Waals surface area contributed by atoms with Gasteiger partial charge in [-0.15, -0.1) is 0 Å². The third-order valence-electron chi connectivity index (χ3n) is 5.60. The molecule has 0 saturated carbocycles. The van der Waals surface area contributed by atoms with Crippen LogP contribution in [0, 0.1) is 0 Å². The number of rotatable bonds is 5. The van der Waals surface area contributed by atoms with Gasteiger partial charge in [0.2, 0.25) is 5.91 Å². The standard InChI is InChI=1S/C26H21ClN4O2S/c1-16(24(32)29-21-14-8-6-12-19(21)27)34-26-30-20-13-7-5-11-18(20)23-28-22(25(33)31(23)26)15-17-9-3-2-4-10-17/h2-14,16,22H,15H2,1H3,(H,29,32)/t16-,22+/m0/s1. The second-order valence-electron chi connectivity index (χ2n) is 7.97. The highest BCUT2D eigenvalue weighted by molar-refractivity contribution is 8.15. The molecular weight excluding hydrogens is 468 g/mol. The lowest BCUT2D eigenvalue weighted by Gasteiger charge is -2.27. The molecule has 3 aromatic rings. The van der Waals surface area contributed by atoms with Crippen LogP contribution in [0.5, 0.6) is 0 Å². The number of fused-ring (bicyclic) bond motifs is 3. The van der Waals surface area contributed by atoms with Crippen molar-refractivity contribution in [3.05, 3.63) is 95.0 Å². The Bertz CT molecular complexity index is 1330. The van der Waals surface area contributed by atoms with E-state index in [1.165, 1.54) is 11.8 Å². The molecule has 0 aliphatic carbocycles. The molecular formula is C26H21ClN4O2S. The van der Waals surface area contributed by atoms with Crippen LogP contribution in [0.4, 0.5) is 11.4 Å². The van der Waals surface area contributed by atoms with Crippen LogP contribution in [-0.2, 0) is 16.0 Å². The predicted molar refractivity (Wildman–Crippen MR) is 138 cm³/mol. The number of nitrogens with one attached hydrogen (secondary N) is 1. The Balaban J connectivity index is 1.41. The zero-order valence-corrected chi connectivity index (χ0v) is 19.9. The average Bonchev–Trinajstić information content (AvgIpc) is 3.17. The number of benzene rings is 3. The third kappa shape index (κ3) is 4.36. The van der Waals surface area contributed by atoms with Crippen LogP contribution in [-0.4, -0.2) is 39.0 Å². The highest BCUT2D eigenvalue weighted by Crippen LogP contribution is 2.35. The lowest BCUT2D eigenvalue weighted by Crippen LogP contribution is -2.42. The molecule has 0 unspecified atom stereocenters. The monoisotopic (exact) mass is 488 g/mol. The maximum Gasteiger partial charge on any atom is 0.259 e. The number of halogens is 1. The summed E-state index contributed by atoms with van der Waals surface area (Å²) in [5.41, 5.74) is 3.12. The fraction of sp³-hybridized carbons (Fsp3) is 0.154. The molecule has 0 radical (unpaired) electrons. The van der Waals surface area contributed by atoms with Gasteiger partial charge in [0.25, 0.3) is 5.91 Å². The summed E-state index contributed by atoms with van der Waals surface area (Å²) in [7, 11) is 0. The Morgan fingerprint density at radius 1 is 1.06 bits per heavy atom. The van der Waals surface area contributed by atoms with Gasteiger partial charge in [0.1, 0.15) is 11.9 Å². The molecule has 0 saturated heterocycles. The van der Waals surface area contributed by atoms with Crippen LogP contribution in [0.1, 0.15) is 18.1 Å². The molecule has 0 fully saturated rings. The van der Waals surface area contributed by atoms with Gasteiger partial charge in [0.15, 0.2) is 5.17 Å². The number of aliphatic imine (C=N–C) groups is 2. The summed E-state index contributed by atoms with van der Waals surface area (Å²) >= 11 is 7.41. The zero-order chi connectivity index (χ0) is 23.7. The molecule has 0 bridgehead atoms. The number of carbonyl (C=O) groups excluding carboxylic acids is 2. The smallest absolute Gasteiger partial charge is 0.259 e. The summed E-state index contributed by atoms with van der Waals surface area (Å²) < 4.78 is 0. The molecule has 8 heteroatoms. The minimum Gasteiger partial charge on any atom is -0.324 e. The molecule has 2 aliphatic rings. The quantitative estimate of drug-likeness (QED) is 0.529. The van der Waals surface area contributed by atoms with Crippen molar-refractivity contribution in [2.45, 2.75) is 24.6 Å². The van der Waals surface area contributed by atoms with Crippen molar-refractivity contribution in [3.8, 4) is 0 Å². The molecule has 170 valence electrons. The fourth-order valence-electron chi connectivity index (χ4n) is 3.86. The van der Waals surface area contributed by atoms with E-state index < -0.39 is 11.3 Å². The summed E-state index contributed by atoms with van der Waals surface area (Å²) in [5, 5.41) is 3.23. The summed E-state index contributed by atoms with van der Waals surface area (Å²) in [5.74, 6) is 0.210. The van der Waals surface area contributed by atoms with Gasteiger partial charge < -0.3 is 5.32 Å². The van der Waals surface area contributed by atoms with Crippen molar-refractivity contribution in [3.63, 3.8) is 0 Å². The van der Waals surface area contributed by atoms with Gasteiger partial charge in [-0.05, 0) is 36.8 Å². The average molecular weight is 489 g/mol. The van der Waals surface area contributed by atoms with Gasteiger partial charge in [0, 0.05) is 12.0 Å². The Kier molecular flexibility index (Phi) is 6.22. The van der Waals surface area contributed by atoms with E-state index in [2.05, 4.69) is 5.32 Å². The van der Waals surface area contributed by atoms with E-state index in [4.69, 9.17) is 21.6 Å². The first-order valence-corrected chi connectivity index (χ1v) is 12.1. The number of hydrogen-bond acceptors (Lipinski definition) is 5. The van der Waals surface area contributed by atoms with Crippen molar-refractivity contribution in [1.82, 2.24) is 4.90 Å². The van der Waals surface area contributed by atoms with Gasteiger partial charge in [-0.3, -0.25) is 14.6 Å². The minimum absolute atomic E-state index is 0.140. The van der Waals surface area contributed by atoms with E-state index in [1.54, 1.807) is 36.1 Å². The second kappa shape index (κ2) is 9.44. The maximum atomic E-state index is 13.5. The molecule has 3 aromatic carbocycles. The zero-order valence-electron chi connectivity index (χ0n) is 18.3. The first-order valence-electron chi connectivity index (χ1n) is 10.9. The third-order valence-corrected chi connectivity index (χ3v) is 6.98. The van der Waals surface area contributed by atoms with E-state index in [9.17, 15) is 9.59 Å². The Hall–Kier alpha value is -3.42. The van der Waals surface area contributed by atoms with Crippen molar-refractivity contribution in [2.75, 3.05) is 5.32 Å². The normalized spacial score (nSPS) is 17.4. The fourth-order valence-corrected chi connectivity index (χ4v) is 4.96. The van der Waals surface area contributed by atoms with Gasteiger partial charge in [-0.1, -0.05) is 78.0 Å². The van der Waals surface area contributed by atoms with Gasteiger partial charge in [-0.25, -0.2) is 9.89 Å². The lowest BCUT2D eigenvalue weighted by atomic mass is 10.1. The van der Waals surface area contributed by atoms with Crippen LogP contribution in [0.2, 0.25) is 5.02 Å². The summed E-state index contributed by atoms with van der Waals surface area (Å²) in [6, 6.07) is 24.0. The molecule has 34 heavy (non-hydrogen) atoms. The molecule has 0 aromatic heterocycles. The summed E-state index contributed by atoms with van der Waals surface area (Å²) in [6.45, 7) is 1.78. The van der Waals surface area contributed by atoms with Crippen molar-refractivity contribution in [1.29, 1.82) is 0 Å². The highest BCUT2D eigenvalue weighted by atomic mass is 35.5. The molecule has 2 aliphatic heterocycles. The first kappa shape index (κ1) is 22.4. The van der Waals surface area contributed by atoms with E-state index in [1.807, 2.05) is 54.6 Å². The predicted octanol–water partition coefficient (Wildman–Crippen LogP) is 5.30. The van der Waals surface area contributed by atoms with Crippen LogP contribution in [0.25, 0.3) is 0 Å². The molecule has 6 nitrogen and oxygen atoms in total. The second-order valence-corrected chi connectivity index (χ2v) is 9.69. The van der Waals surface area contributed by atoms with E-state index >= 15 is 0 Å². The number of amidine groups is 2. The van der Waals surface area contributed by atoms with E-state index in [0.29, 0.717) is 28.1 Å². The maximum absolute atomic E-state index is 13.5. The Labute approximate surface area is 206 Å². The molecule has 1 N–H and O–H groups in total. The minimum atomic E-state index is -0.540. The SMILES string of the molecule is C[C@H](SC1=Nc2ccccc2C2=N[C@H](Cc3ccccc3)C(=O)N12)C(=O)Nc1ccccc1Cl. The number of anilines is 1. The van der Waals surface area contributed by atoms with Gasteiger partial charge in [-0.2, -0.15) is 0 Å². The van der Waals surface area contributed by atoms with Crippen LogP contribution in [0.3, 0.4) is 0 Å². The van der Waals surface area contributed by atoms with Crippen molar-refractivity contribution < 1.29 is 9.59 Å². The number of para-hydroxylation sites is 2. The number of amides is 2. The molecule has 0 spiro atoms. The number of hydrogen-bond donors (Lipinski definition) is 1. The number of carbonyl (C=O) groups is 2. The van der Waals surface area contributed by atoms with Gasteiger partial charge >= 0.3 is 0 Å². The summed E-state index contributed by atoms with van der Waals surface area (Å²) in [4.78, 5) is 37.4. The van der Waals surface area contributed by atoms with E-state index in [0.717, 1.165) is 16.8 Å². The molecule has 2 amide bonds. The lowest BCUT2D eigenvalue weighted by molar-refractivity contribution is -0.124. The molecule has 2 heterocycles. The first-order chi connectivity index (χ1) is 16.5. The molecule has 2 atom stereocenters. The van der Waals surface area contributed by atoms with Crippen LogP contribution in [0.15, 0.2) is 88.8 Å². The van der Waals surface area contributed by atoms with Crippen molar-refractivity contribution in [2.24, 2.45) is 9.98 Å². The van der Waals surface area contributed by atoms with Crippen molar-refractivity contribution >= 4 is 57.6 Å². The molecule has 5 rings (SSSR count). The summed E-state index contributed by atoms with van der Waals surface area (Å²) in [6.07, 6.45) is 0.502. The number of thioether (sulfide) groups is 1. The van der Waals surface area contributed by atoms with E-state index in [-0.39, 0.29) is 11.8 Å². The highest BCUT2D eigenvalue weighted by Gasteiger charge is 2.42. The Morgan fingerprint density at radius 2 is 1.76 bits per heavy atom. The van der Waals surface area contributed by atoms with Crippen LogP contribution < -0.4 is 5.32 Å². The van der Waals surface area contributed by atoms with Gasteiger partial charge in [0.05, 0.1) is 21.6 Å². The topological polar surface area (TPSA) is 74.1 Å².